The Morgan fingerprint density at radius 1 is 0.750 bits per heavy atom. The fourth-order valence-corrected chi connectivity index (χ4v) is 4.21. The number of aromatic nitrogens is 2. The maximum Gasteiger partial charge on any atom is 0.253 e. The van der Waals surface area contributed by atoms with Gasteiger partial charge < -0.3 is 41.1 Å². The number of benzene rings is 2. The number of fused-ring (bicyclic) bond motifs is 2. The SMILES string of the molecule is O=C(NCCN(CCO)CCO)c1ccc(O)c2nc3c(C=NCCN(CCO)CCO)c(O)cc(O)c3nc12. The van der Waals surface area contributed by atoms with Gasteiger partial charge in [-0.2, -0.15) is 0 Å². The van der Waals surface area contributed by atoms with E-state index in [0.717, 1.165) is 6.07 Å². The number of aliphatic hydroxyl groups is 4. The summed E-state index contributed by atoms with van der Waals surface area (Å²) in [7, 11) is 0. The maximum absolute atomic E-state index is 13.0. The van der Waals surface area contributed by atoms with E-state index in [0.29, 0.717) is 39.3 Å². The molecule has 3 aromatic rings. The summed E-state index contributed by atoms with van der Waals surface area (Å²) < 4.78 is 0. The van der Waals surface area contributed by atoms with Gasteiger partial charge in [-0.25, -0.2) is 9.97 Å². The van der Waals surface area contributed by atoms with Gasteiger partial charge in [0.1, 0.15) is 39.3 Å². The molecular formula is C26H36N6O8. The van der Waals surface area contributed by atoms with Crippen molar-refractivity contribution in [2.24, 2.45) is 4.99 Å². The molecule has 2 aromatic carbocycles. The molecule has 1 aromatic heterocycles. The second-order valence-corrected chi connectivity index (χ2v) is 8.95. The first-order chi connectivity index (χ1) is 19.3. The van der Waals surface area contributed by atoms with Crippen molar-refractivity contribution in [1.29, 1.82) is 0 Å². The zero-order valence-corrected chi connectivity index (χ0v) is 22.1. The lowest BCUT2D eigenvalue weighted by molar-refractivity contribution is 0.0945. The van der Waals surface area contributed by atoms with Gasteiger partial charge in [0.25, 0.3) is 5.91 Å². The minimum absolute atomic E-state index is 0.00865. The molecule has 0 aliphatic heterocycles. The zero-order chi connectivity index (χ0) is 29.1. The first kappa shape index (κ1) is 30.9. The molecule has 0 bridgehead atoms. The van der Waals surface area contributed by atoms with Crippen LogP contribution in [0.15, 0.2) is 23.2 Å². The van der Waals surface area contributed by atoms with Crippen molar-refractivity contribution in [2.75, 3.05) is 78.8 Å². The van der Waals surface area contributed by atoms with Crippen LogP contribution in [0.4, 0.5) is 0 Å². The number of hydrogen-bond donors (Lipinski definition) is 8. The Morgan fingerprint density at radius 3 is 1.95 bits per heavy atom. The summed E-state index contributed by atoms with van der Waals surface area (Å²) in [6.45, 7) is 2.47. The highest BCUT2D eigenvalue weighted by atomic mass is 16.3. The quantitative estimate of drug-likeness (QED) is 0.0752. The lowest BCUT2D eigenvalue weighted by atomic mass is 10.1. The van der Waals surface area contributed by atoms with Gasteiger partial charge in [-0.1, -0.05) is 0 Å². The van der Waals surface area contributed by atoms with Gasteiger partial charge in [0, 0.05) is 58.1 Å². The lowest BCUT2D eigenvalue weighted by Crippen LogP contribution is -2.37. The Labute approximate surface area is 230 Å². The van der Waals surface area contributed by atoms with Crippen molar-refractivity contribution in [3.05, 3.63) is 29.3 Å². The second kappa shape index (κ2) is 15.2. The van der Waals surface area contributed by atoms with Gasteiger partial charge in [-0.05, 0) is 12.1 Å². The molecule has 40 heavy (non-hydrogen) atoms. The molecule has 0 aliphatic rings. The van der Waals surface area contributed by atoms with Crippen LogP contribution in [-0.4, -0.2) is 146 Å². The van der Waals surface area contributed by atoms with Crippen LogP contribution in [-0.2, 0) is 0 Å². The highest BCUT2D eigenvalue weighted by molar-refractivity contribution is 6.10. The molecule has 14 nitrogen and oxygen atoms in total. The van der Waals surface area contributed by atoms with Crippen LogP contribution < -0.4 is 5.32 Å². The van der Waals surface area contributed by atoms with E-state index in [9.17, 15) is 20.1 Å². The number of aromatic hydroxyl groups is 3. The van der Waals surface area contributed by atoms with Crippen molar-refractivity contribution in [1.82, 2.24) is 25.1 Å². The van der Waals surface area contributed by atoms with E-state index in [1.807, 2.05) is 4.90 Å². The largest absolute Gasteiger partial charge is 0.507 e. The van der Waals surface area contributed by atoms with E-state index in [2.05, 4.69) is 20.3 Å². The fourth-order valence-electron chi connectivity index (χ4n) is 4.21. The molecule has 0 radical (unpaired) electrons. The van der Waals surface area contributed by atoms with Crippen molar-refractivity contribution in [2.45, 2.75) is 0 Å². The highest BCUT2D eigenvalue weighted by Crippen LogP contribution is 2.35. The van der Waals surface area contributed by atoms with E-state index in [1.165, 1.54) is 18.3 Å². The van der Waals surface area contributed by atoms with Crippen LogP contribution in [0.1, 0.15) is 15.9 Å². The topological polar surface area (TPSA) is 215 Å². The first-order valence-corrected chi connectivity index (χ1v) is 12.9. The molecule has 3 rings (SSSR count). The molecule has 0 saturated heterocycles. The normalized spacial score (nSPS) is 11.9. The average molecular weight is 561 g/mol. The van der Waals surface area contributed by atoms with Gasteiger partial charge in [0.2, 0.25) is 0 Å². The standard InChI is InChI=1S/C26H36N6O8/c33-11-7-31(8-12-34)5-3-27-16-18-20(38)15-21(39)25-23(18)30-24-19(37)2-1-17(22(24)29-25)26(40)28-4-6-32(9-13-35)10-14-36/h1-2,15-16,33-39H,3-14H2,(H,28,40). The number of nitrogens with zero attached hydrogens (tertiary/aromatic N) is 5. The van der Waals surface area contributed by atoms with Gasteiger partial charge in [-0.3, -0.25) is 19.6 Å². The maximum atomic E-state index is 13.0. The molecule has 0 atom stereocenters. The summed E-state index contributed by atoms with van der Waals surface area (Å²) in [5, 5.41) is 70.9. The van der Waals surface area contributed by atoms with E-state index in [-0.39, 0.29) is 90.0 Å². The predicted molar refractivity (Wildman–Crippen MR) is 148 cm³/mol. The number of carbonyl (C=O) groups is 1. The number of amides is 1. The number of aliphatic hydroxyl groups excluding tert-OH is 4. The molecule has 0 aliphatic carbocycles. The Hall–Kier alpha value is -3.66. The number of phenolic OH excluding ortho intramolecular Hbond substituents is 3. The van der Waals surface area contributed by atoms with Gasteiger partial charge in [-0.15, -0.1) is 0 Å². The monoisotopic (exact) mass is 560 g/mol. The third-order valence-corrected chi connectivity index (χ3v) is 6.24. The average Bonchev–Trinajstić information content (AvgIpc) is 2.92. The molecule has 0 unspecified atom stereocenters. The molecule has 0 saturated carbocycles. The van der Waals surface area contributed by atoms with Crippen LogP contribution in [0, 0.1) is 0 Å². The Morgan fingerprint density at radius 2 is 1.32 bits per heavy atom. The number of hydrogen-bond acceptors (Lipinski definition) is 13. The minimum Gasteiger partial charge on any atom is -0.507 e. The van der Waals surface area contributed by atoms with Crippen molar-refractivity contribution in [3.8, 4) is 17.2 Å². The summed E-state index contributed by atoms with van der Waals surface area (Å²) in [5.41, 5.74) is 0.339. The van der Waals surface area contributed by atoms with Gasteiger partial charge >= 0.3 is 0 Å². The van der Waals surface area contributed by atoms with Crippen LogP contribution in [0.5, 0.6) is 17.2 Å². The third kappa shape index (κ3) is 7.71. The van der Waals surface area contributed by atoms with E-state index < -0.39 is 5.91 Å². The number of rotatable bonds is 16. The lowest BCUT2D eigenvalue weighted by Gasteiger charge is -2.20. The summed E-state index contributed by atoms with van der Waals surface area (Å²) in [5.74, 6) is -1.45. The molecule has 1 heterocycles. The second-order valence-electron chi connectivity index (χ2n) is 8.95. The number of aliphatic imine (C=N–C) groups is 1. The molecule has 0 fully saturated rings. The first-order valence-electron chi connectivity index (χ1n) is 12.9. The van der Waals surface area contributed by atoms with Crippen LogP contribution in [0.25, 0.3) is 22.1 Å². The van der Waals surface area contributed by atoms with E-state index >= 15 is 0 Å². The van der Waals surface area contributed by atoms with Gasteiger partial charge in [0.15, 0.2) is 0 Å². The Bertz CT molecular complexity index is 1310. The molecule has 14 heteroatoms. The van der Waals surface area contributed by atoms with Crippen molar-refractivity contribution >= 4 is 34.2 Å². The molecule has 0 spiro atoms. The molecule has 8 N–H and O–H groups in total. The Balaban J connectivity index is 1.91. The van der Waals surface area contributed by atoms with Crippen LogP contribution >= 0.6 is 0 Å². The smallest absolute Gasteiger partial charge is 0.253 e. The van der Waals surface area contributed by atoms with Crippen LogP contribution in [0.2, 0.25) is 0 Å². The molecule has 218 valence electrons. The molecule has 1 amide bonds. The highest BCUT2D eigenvalue weighted by Gasteiger charge is 2.20. The summed E-state index contributed by atoms with van der Waals surface area (Å²) >= 11 is 0. The minimum atomic E-state index is -0.498. The molecular weight excluding hydrogens is 524 g/mol. The number of nitrogens with one attached hydrogen (secondary N) is 1. The van der Waals surface area contributed by atoms with E-state index in [4.69, 9.17) is 20.4 Å². The summed E-state index contributed by atoms with van der Waals surface area (Å²) in [6, 6.07) is 3.78. The number of carbonyl (C=O) groups excluding carboxylic acids is 1. The van der Waals surface area contributed by atoms with Gasteiger partial charge in [0.05, 0.1) is 44.1 Å². The van der Waals surface area contributed by atoms with Crippen LogP contribution in [0.3, 0.4) is 0 Å². The predicted octanol–water partition coefficient (Wildman–Crippen LogP) is -1.38. The summed E-state index contributed by atoms with van der Waals surface area (Å²) in [4.78, 5) is 29.8. The third-order valence-electron chi connectivity index (χ3n) is 6.24. The van der Waals surface area contributed by atoms with Crippen molar-refractivity contribution in [3.63, 3.8) is 0 Å². The van der Waals surface area contributed by atoms with Crippen molar-refractivity contribution < 1.29 is 40.5 Å². The number of phenols is 3. The summed E-state index contributed by atoms with van der Waals surface area (Å²) in [6.07, 6.45) is 1.37. The zero-order valence-electron chi connectivity index (χ0n) is 22.1. The Kier molecular flexibility index (Phi) is 11.7. The van der Waals surface area contributed by atoms with E-state index in [1.54, 1.807) is 4.90 Å². The fraction of sp³-hybridized carbons (Fsp3) is 0.462.